The zero-order valence-electron chi connectivity index (χ0n) is 9.41. The second kappa shape index (κ2) is 4.90. The summed E-state index contributed by atoms with van der Waals surface area (Å²) in [6.07, 6.45) is 6.43. The average Bonchev–Trinajstić information content (AvgIpc) is 2.30. The fourth-order valence-electron chi connectivity index (χ4n) is 2.48. The molecule has 1 fully saturated rings. The van der Waals surface area contributed by atoms with Gasteiger partial charge in [0, 0.05) is 38.1 Å². The first-order valence-corrected chi connectivity index (χ1v) is 5.89. The fourth-order valence-corrected chi connectivity index (χ4v) is 2.48. The predicted molar refractivity (Wildman–Crippen MR) is 60.8 cm³/mol. The molecule has 2 rings (SSSR count). The standard InChI is InChI=1S/C12H20N2O/c1-10(15)11-3-2-4-12(9-11)14-7-5-13-6-8-14/h2,4,11-13H,3,5-9H2,1H3/t11-,12+/m1/s1. The Morgan fingerprint density at radius 1 is 1.40 bits per heavy atom. The van der Waals surface area contributed by atoms with Gasteiger partial charge in [0.05, 0.1) is 0 Å². The van der Waals surface area contributed by atoms with Crippen molar-refractivity contribution in [1.29, 1.82) is 0 Å². The minimum absolute atomic E-state index is 0.259. The van der Waals surface area contributed by atoms with Crippen LogP contribution < -0.4 is 5.32 Å². The predicted octanol–water partition coefficient (Wildman–Crippen LogP) is 0.815. The topological polar surface area (TPSA) is 32.3 Å². The molecule has 1 aliphatic heterocycles. The molecule has 1 N–H and O–H groups in total. The molecule has 0 radical (unpaired) electrons. The van der Waals surface area contributed by atoms with Crippen molar-refractivity contribution in [3.8, 4) is 0 Å². The van der Waals surface area contributed by atoms with Gasteiger partial charge in [-0.3, -0.25) is 9.69 Å². The Hall–Kier alpha value is -0.670. The molecule has 1 aliphatic carbocycles. The number of ketones is 1. The zero-order chi connectivity index (χ0) is 10.7. The van der Waals surface area contributed by atoms with E-state index < -0.39 is 0 Å². The number of allylic oxidation sites excluding steroid dienone is 1. The van der Waals surface area contributed by atoms with E-state index >= 15 is 0 Å². The van der Waals surface area contributed by atoms with Crippen LogP contribution in [-0.4, -0.2) is 42.9 Å². The highest BCUT2D eigenvalue weighted by Crippen LogP contribution is 2.23. The van der Waals surface area contributed by atoms with Crippen molar-refractivity contribution in [3.05, 3.63) is 12.2 Å². The molecule has 2 aliphatic rings. The monoisotopic (exact) mass is 208 g/mol. The molecule has 2 atom stereocenters. The van der Waals surface area contributed by atoms with E-state index in [2.05, 4.69) is 22.4 Å². The third-order valence-corrected chi connectivity index (χ3v) is 3.50. The van der Waals surface area contributed by atoms with Gasteiger partial charge in [-0.25, -0.2) is 0 Å². The fraction of sp³-hybridized carbons (Fsp3) is 0.750. The number of nitrogens with one attached hydrogen (secondary N) is 1. The molecular weight excluding hydrogens is 188 g/mol. The van der Waals surface area contributed by atoms with Gasteiger partial charge in [-0.1, -0.05) is 12.2 Å². The first-order chi connectivity index (χ1) is 7.27. The maximum absolute atomic E-state index is 11.4. The van der Waals surface area contributed by atoms with Crippen molar-refractivity contribution in [2.24, 2.45) is 5.92 Å². The van der Waals surface area contributed by atoms with Gasteiger partial charge in [-0.05, 0) is 19.8 Å². The summed E-state index contributed by atoms with van der Waals surface area (Å²) in [4.78, 5) is 13.9. The summed E-state index contributed by atoms with van der Waals surface area (Å²) in [7, 11) is 0. The molecule has 0 unspecified atom stereocenters. The van der Waals surface area contributed by atoms with Crippen LogP contribution in [0.1, 0.15) is 19.8 Å². The van der Waals surface area contributed by atoms with Gasteiger partial charge < -0.3 is 5.32 Å². The second-order valence-electron chi connectivity index (χ2n) is 4.56. The summed E-state index contributed by atoms with van der Waals surface area (Å²) >= 11 is 0. The maximum atomic E-state index is 11.4. The van der Waals surface area contributed by atoms with Crippen LogP contribution in [0.2, 0.25) is 0 Å². The number of carbonyl (C=O) groups is 1. The van der Waals surface area contributed by atoms with Gasteiger partial charge in [-0.2, -0.15) is 0 Å². The Morgan fingerprint density at radius 3 is 2.80 bits per heavy atom. The average molecular weight is 208 g/mol. The lowest BCUT2D eigenvalue weighted by molar-refractivity contribution is -0.121. The third-order valence-electron chi connectivity index (χ3n) is 3.50. The first kappa shape index (κ1) is 10.8. The van der Waals surface area contributed by atoms with Crippen molar-refractivity contribution < 1.29 is 4.79 Å². The van der Waals surface area contributed by atoms with Crippen molar-refractivity contribution >= 4 is 5.78 Å². The van der Waals surface area contributed by atoms with Gasteiger partial charge in [0.25, 0.3) is 0 Å². The molecule has 3 heteroatoms. The molecule has 0 aromatic carbocycles. The number of nitrogens with zero attached hydrogens (tertiary/aromatic N) is 1. The highest BCUT2D eigenvalue weighted by Gasteiger charge is 2.26. The Morgan fingerprint density at radius 2 is 2.13 bits per heavy atom. The molecule has 0 spiro atoms. The van der Waals surface area contributed by atoms with Crippen LogP contribution >= 0.6 is 0 Å². The van der Waals surface area contributed by atoms with Crippen LogP contribution in [-0.2, 0) is 4.79 Å². The lowest BCUT2D eigenvalue weighted by atomic mass is 9.87. The third kappa shape index (κ3) is 2.67. The maximum Gasteiger partial charge on any atom is 0.133 e. The van der Waals surface area contributed by atoms with Crippen molar-refractivity contribution in [2.75, 3.05) is 26.2 Å². The van der Waals surface area contributed by atoms with E-state index in [9.17, 15) is 4.79 Å². The molecule has 84 valence electrons. The summed E-state index contributed by atoms with van der Waals surface area (Å²) in [6, 6.07) is 0.495. The van der Waals surface area contributed by atoms with Crippen LogP contribution in [0.25, 0.3) is 0 Å². The van der Waals surface area contributed by atoms with E-state index in [0.717, 1.165) is 39.0 Å². The molecule has 1 heterocycles. The van der Waals surface area contributed by atoms with E-state index in [1.54, 1.807) is 6.92 Å². The van der Waals surface area contributed by atoms with Crippen LogP contribution in [0, 0.1) is 5.92 Å². The number of piperazine rings is 1. The molecule has 0 amide bonds. The summed E-state index contributed by atoms with van der Waals surface area (Å²) in [5.41, 5.74) is 0. The first-order valence-electron chi connectivity index (χ1n) is 5.89. The zero-order valence-corrected chi connectivity index (χ0v) is 9.41. The summed E-state index contributed by atoms with van der Waals surface area (Å²) in [5, 5.41) is 3.36. The minimum Gasteiger partial charge on any atom is -0.314 e. The minimum atomic E-state index is 0.259. The van der Waals surface area contributed by atoms with Crippen LogP contribution in [0.5, 0.6) is 0 Å². The summed E-state index contributed by atoms with van der Waals surface area (Å²) in [5.74, 6) is 0.606. The highest BCUT2D eigenvalue weighted by molar-refractivity contribution is 5.78. The van der Waals surface area contributed by atoms with E-state index in [-0.39, 0.29) is 5.92 Å². The smallest absolute Gasteiger partial charge is 0.133 e. The lowest BCUT2D eigenvalue weighted by Gasteiger charge is -2.36. The van der Waals surface area contributed by atoms with E-state index in [1.165, 1.54) is 0 Å². The molecule has 0 aromatic rings. The number of rotatable bonds is 2. The number of Topliss-reactive ketones (excluding diaryl/α,β-unsaturated/α-hetero) is 1. The molecule has 0 aromatic heterocycles. The normalized spacial score (nSPS) is 32.9. The summed E-state index contributed by atoms with van der Waals surface area (Å²) in [6.45, 7) is 6.10. The molecule has 0 saturated carbocycles. The number of hydrogen-bond acceptors (Lipinski definition) is 3. The van der Waals surface area contributed by atoms with Gasteiger partial charge in [0.1, 0.15) is 5.78 Å². The second-order valence-corrected chi connectivity index (χ2v) is 4.56. The van der Waals surface area contributed by atoms with E-state index in [0.29, 0.717) is 11.8 Å². The van der Waals surface area contributed by atoms with E-state index in [1.807, 2.05) is 0 Å². The van der Waals surface area contributed by atoms with Crippen molar-refractivity contribution in [3.63, 3.8) is 0 Å². The molecule has 0 bridgehead atoms. The Labute approximate surface area is 91.5 Å². The van der Waals surface area contributed by atoms with Crippen LogP contribution in [0.4, 0.5) is 0 Å². The Balaban J connectivity index is 1.94. The Kier molecular flexibility index (Phi) is 3.54. The van der Waals surface area contributed by atoms with Gasteiger partial charge in [0.2, 0.25) is 0 Å². The van der Waals surface area contributed by atoms with Crippen molar-refractivity contribution in [1.82, 2.24) is 10.2 Å². The molecule has 15 heavy (non-hydrogen) atoms. The van der Waals surface area contributed by atoms with Crippen molar-refractivity contribution in [2.45, 2.75) is 25.8 Å². The molecular formula is C12H20N2O. The Bertz CT molecular complexity index is 256. The highest BCUT2D eigenvalue weighted by atomic mass is 16.1. The van der Waals surface area contributed by atoms with Crippen LogP contribution in [0.3, 0.4) is 0 Å². The van der Waals surface area contributed by atoms with Crippen LogP contribution in [0.15, 0.2) is 12.2 Å². The number of hydrogen-bond donors (Lipinski definition) is 1. The largest absolute Gasteiger partial charge is 0.314 e. The van der Waals surface area contributed by atoms with E-state index in [4.69, 9.17) is 0 Å². The summed E-state index contributed by atoms with van der Waals surface area (Å²) < 4.78 is 0. The van der Waals surface area contributed by atoms with Gasteiger partial charge in [0.15, 0.2) is 0 Å². The van der Waals surface area contributed by atoms with Gasteiger partial charge >= 0.3 is 0 Å². The number of carbonyl (C=O) groups excluding carboxylic acids is 1. The quantitative estimate of drug-likeness (QED) is 0.682. The molecule has 1 saturated heterocycles. The SMILES string of the molecule is CC(=O)[C@@H]1CC=C[C@H](N2CCNCC2)C1. The van der Waals surface area contributed by atoms with Gasteiger partial charge in [-0.15, -0.1) is 0 Å². The lowest BCUT2D eigenvalue weighted by Crippen LogP contribution is -2.49. The molecule has 3 nitrogen and oxygen atoms in total.